The van der Waals surface area contributed by atoms with E-state index in [-0.39, 0.29) is 6.42 Å². The van der Waals surface area contributed by atoms with Gasteiger partial charge >= 0.3 is 12.1 Å². The molecule has 0 aliphatic rings. The molecule has 0 atom stereocenters. The van der Waals surface area contributed by atoms with Gasteiger partial charge in [0.25, 0.3) is 0 Å². The van der Waals surface area contributed by atoms with Crippen LogP contribution in [0.2, 0.25) is 0 Å². The van der Waals surface area contributed by atoms with Crippen LogP contribution in [0.1, 0.15) is 41.0 Å². The fraction of sp³-hybridized carbons (Fsp3) is 0.818. The highest BCUT2D eigenvalue weighted by Crippen LogP contribution is 2.20. The third kappa shape index (κ3) is 5.00. The van der Waals surface area contributed by atoms with Crippen molar-refractivity contribution < 1.29 is 19.4 Å². The molecule has 0 bridgehead atoms. The Morgan fingerprint density at radius 2 is 1.62 bits per heavy atom. The molecule has 0 spiro atoms. The summed E-state index contributed by atoms with van der Waals surface area (Å²) in [5.74, 6) is -0.944. The summed E-state index contributed by atoms with van der Waals surface area (Å²) >= 11 is 0. The number of nitrogens with zero attached hydrogens (tertiary/aromatic N) is 1. The Kier molecular flexibility index (Phi) is 4.35. The molecule has 0 aliphatic heterocycles. The summed E-state index contributed by atoms with van der Waals surface area (Å²) in [6.45, 7) is 8.67. The Balaban J connectivity index is 4.59. The molecular weight excluding hydrogens is 210 g/mol. The first-order chi connectivity index (χ1) is 6.96. The van der Waals surface area contributed by atoms with E-state index in [9.17, 15) is 9.59 Å². The van der Waals surface area contributed by atoms with Crippen LogP contribution in [0, 0.1) is 0 Å². The molecule has 0 aromatic carbocycles. The molecule has 94 valence electrons. The monoisotopic (exact) mass is 231 g/mol. The second-order valence-electron chi connectivity index (χ2n) is 5.42. The minimum absolute atomic E-state index is 0.122. The second kappa shape index (κ2) is 4.72. The van der Waals surface area contributed by atoms with E-state index in [1.165, 1.54) is 11.9 Å². The molecule has 0 unspecified atom stereocenters. The lowest BCUT2D eigenvalue weighted by Gasteiger charge is -2.35. The summed E-state index contributed by atoms with van der Waals surface area (Å²) in [6, 6.07) is 0. The lowest BCUT2D eigenvalue weighted by atomic mass is 9.99. The molecule has 0 radical (unpaired) electrons. The molecule has 0 aromatic heterocycles. The van der Waals surface area contributed by atoms with Gasteiger partial charge in [-0.3, -0.25) is 4.79 Å². The van der Waals surface area contributed by atoms with E-state index in [1.54, 1.807) is 34.6 Å². The fourth-order valence-corrected chi connectivity index (χ4v) is 1.07. The van der Waals surface area contributed by atoms with Gasteiger partial charge < -0.3 is 14.7 Å². The van der Waals surface area contributed by atoms with E-state index in [4.69, 9.17) is 9.84 Å². The quantitative estimate of drug-likeness (QED) is 0.807. The number of carbonyl (C=O) groups is 2. The second-order valence-corrected chi connectivity index (χ2v) is 5.42. The average Bonchev–Trinajstić information content (AvgIpc) is 1.96. The Labute approximate surface area is 96.4 Å². The first-order valence-electron chi connectivity index (χ1n) is 5.14. The fourth-order valence-electron chi connectivity index (χ4n) is 1.07. The SMILES string of the molecule is CN(C(=O)OC(C)(C)C)C(C)(C)CC(=O)O. The van der Waals surface area contributed by atoms with Crippen molar-refractivity contribution in [2.75, 3.05) is 7.05 Å². The van der Waals surface area contributed by atoms with Crippen LogP contribution in [0.15, 0.2) is 0 Å². The predicted octanol–water partition coefficient (Wildman–Crippen LogP) is 2.11. The van der Waals surface area contributed by atoms with Crippen molar-refractivity contribution in [3.8, 4) is 0 Å². The van der Waals surface area contributed by atoms with E-state index < -0.39 is 23.2 Å². The van der Waals surface area contributed by atoms with Crippen molar-refractivity contribution in [3.63, 3.8) is 0 Å². The normalized spacial score (nSPS) is 12.1. The molecule has 5 nitrogen and oxygen atoms in total. The Morgan fingerprint density at radius 3 is 1.94 bits per heavy atom. The van der Waals surface area contributed by atoms with Crippen LogP contribution < -0.4 is 0 Å². The number of rotatable bonds is 3. The summed E-state index contributed by atoms with van der Waals surface area (Å²) in [7, 11) is 1.54. The minimum atomic E-state index is -0.944. The number of amides is 1. The largest absolute Gasteiger partial charge is 0.481 e. The molecule has 0 rings (SSSR count). The van der Waals surface area contributed by atoms with Crippen LogP contribution in [-0.4, -0.2) is 40.3 Å². The van der Waals surface area contributed by atoms with Gasteiger partial charge in [0.2, 0.25) is 0 Å². The minimum Gasteiger partial charge on any atom is -0.481 e. The molecule has 1 amide bonds. The van der Waals surface area contributed by atoms with Crippen molar-refractivity contribution in [1.29, 1.82) is 0 Å². The van der Waals surface area contributed by atoms with Gasteiger partial charge in [0.1, 0.15) is 5.60 Å². The Hall–Kier alpha value is -1.26. The highest BCUT2D eigenvalue weighted by Gasteiger charge is 2.32. The Morgan fingerprint density at radius 1 is 1.19 bits per heavy atom. The van der Waals surface area contributed by atoms with Crippen molar-refractivity contribution in [2.45, 2.75) is 52.2 Å². The zero-order valence-corrected chi connectivity index (χ0v) is 10.8. The van der Waals surface area contributed by atoms with E-state index in [1.807, 2.05) is 0 Å². The first-order valence-corrected chi connectivity index (χ1v) is 5.14. The van der Waals surface area contributed by atoms with Crippen LogP contribution in [-0.2, 0) is 9.53 Å². The Bertz CT molecular complexity index is 278. The van der Waals surface area contributed by atoms with Gasteiger partial charge in [-0.25, -0.2) is 4.79 Å². The first kappa shape index (κ1) is 14.7. The summed E-state index contributed by atoms with van der Waals surface area (Å²) in [5.41, 5.74) is -1.35. The third-order valence-corrected chi connectivity index (χ3v) is 2.16. The van der Waals surface area contributed by atoms with Gasteiger partial charge in [-0.1, -0.05) is 0 Å². The molecule has 0 aliphatic carbocycles. The van der Waals surface area contributed by atoms with Gasteiger partial charge in [-0.15, -0.1) is 0 Å². The van der Waals surface area contributed by atoms with Crippen LogP contribution in [0.3, 0.4) is 0 Å². The van der Waals surface area contributed by atoms with Crippen LogP contribution in [0.5, 0.6) is 0 Å². The smallest absolute Gasteiger partial charge is 0.410 e. The van der Waals surface area contributed by atoms with Crippen LogP contribution in [0.4, 0.5) is 4.79 Å². The zero-order valence-electron chi connectivity index (χ0n) is 10.8. The lowest BCUT2D eigenvalue weighted by Crippen LogP contribution is -2.48. The van der Waals surface area contributed by atoms with E-state index in [0.717, 1.165) is 0 Å². The van der Waals surface area contributed by atoms with E-state index >= 15 is 0 Å². The highest BCUT2D eigenvalue weighted by atomic mass is 16.6. The molecule has 0 saturated heterocycles. The third-order valence-electron chi connectivity index (χ3n) is 2.16. The number of hydrogen-bond acceptors (Lipinski definition) is 3. The molecule has 0 fully saturated rings. The summed E-state index contributed by atoms with van der Waals surface area (Å²) in [5, 5.41) is 8.73. The zero-order chi connectivity index (χ0) is 13.1. The van der Waals surface area contributed by atoms with Gasteiger partial charge in [0.05, 0.1) is 12.0 Å². The number of carboxylic acids is 1. The maximum Gasteiger partial charge on any atom is 0.410 e. The maximum atomic E-state index is 11.7. The molecule has 0 heterocycles. The molecule has 1 N–H and O–H groups in total. The van der Waals surface area contributed by atoms with Crippen LogP contribution >= 0.6 is 0 Å². The van der Waals surface area contributed by atoms with Crippen molar-refractivity contribution in [1.82, 2.24) is 4.90 Å². The number of carbonyl (C=O) groups excluding carboxylic acids is 1. The summed E-state index contributed by atoms with van der Waals surface area (Å²) in [4.78, 5) is 23.7. The van der Waals surface area contributed by atoms with E-state index in [0.29, 0.717) is 0 Å². The predicted molar refractivity (Wildman–Crippen MR) is 60.3 cm³/mol. The van der Waals surface area contributed by atoms with Crippen molar-refractivity contribution >= 4 is 12.1 Å². The van der Waals surface area contributed by atoms with Gasteiger partial charge in [0.15, 0.2) is 0 Å². The average molecular weight is 231 g/mol. The summed E-state index contributed by atoms with van der Waals surface area (Å²) in [6.07, 6.45) is -0.637. The van der Waals surface area contributed by atoms with Gasteiger partial charge in [0, 0.05) is 7.05 Å². The van der Waals surface area contributed by atoms with Crippen LogP contribution in [0.25, 0.3) is 0 Å². The van der Waals surface area contributed by atoms with E-state index in [2.05, 4.69) is 0 Å². The highest BCUT2D eigenvalue weighted by molar-refractivity contribution is 5.72. The molecular formula is C11H21NO4. The molecule has 5 heteroatoms. The summed E-state index contributed by atoms with van der Waals surface area (Å²) < 4.78 is 5.16. The number of carboxylic acid groups (broad SMARTS) is 1. The number of ether oxygens (including phenoxy) is 1. The van der Waals surface area contributed by atoms with Crippen molar-refractivity contribution in [3.05, 3.63) is 0 Å². The van der Waals surface area contributed by atoms with Crippen molar-refractivity contribution in [2.24, 2.45) is 0 Å². The number of aliphatic carboxylic acids is 1. The maximum absolute atomic E-state index is 11.7. The lowest BCUT2D eigenvalue weighted by molar-refractivity contribution is -0.139. The molecule has 0 saturated carbocycles. The molecule has 16 heavy (non-hydrogen) atoms. The van der Waals surface area contributed by atoms with Gasteiger partial charge in [-0.2, -0.15) is 0 Å². The topological polar surface area (TPSA) is 66.8 Å². The van der Waals surface area contributed by atoms with Gasteiger partial charge in [-0.05, 0) is 34.6 Å². The number of hydrogen-bond donors (Lipinski definition) is 1. The standard InChI is InChI=1S/C11H21NO4/c1-10(2,3)16-9(15)12(6)11(4,5)7-8(13)14/h7H2,1-6H3,(H,13,14). The molecule has 0 aromatic rings.